The third-order valence-corrected chi connectivity index (χ3v) is 6.21. The van der Waals surface area contributed by atoms with Gasteiger partial charge in [0, 0.05) is 18.2 Å². The molecule has 0 bridgehead atoms. The van der Waals surface area contributed by atoms with Gasteiger partial charge < -0.3 is 23.7 Å². The number of amides is 1. The summed E-state index contributed by atoms with van der Waals surface area (Å²) in [6.45, 7) is 4.36. The van der Waals surface area contributed by atoms with Crippen molar-refractivity contribution in [1.82, 2.24) is 9.97 Å². The van der Waals surface area contributed by atoms with Crippen molar-refractivity contribution in [2.75, 3.05) is 32.8 Å². The lowest BCUT2D eigenvalue weighted by Crippen LogP contribution is -2.16. The second-order valence-corrected chi connectivity index (χ2v) is 8.67. The van der Waals surface area contributed by atoms with Crippen molar-refractivity contribution in [1.29, 1.82) is 0 Å². The second kappa shape index (κ2) is 12.3. The molecule has 9 nitrogen and oxygen atoms in total. The Bertz CT molecular complexity index is 1450. The smallest absolute Gasteiger partial charge is 0.411 e. The van der Waals surface area contributed by atoms with Crippen LogP contribution in [-0.4, -0.2) is 43.5 Å². The van der Waals surface area contributed by atoms with E-state index in [1.54, 1.807) is 50.6 Å². The molecule has 10 heteroatoms. The number of para-hydroxylation sites is 1. The lowest BCUT2D eigenvalue weighted by molar-refractivity contribution is 0.152. The first-order valence-electron chi connectivity index (χ1n) is 11.9. The van der Waals surface area contributed by atoms with Crippen LogP contribution in [0.15, 0.2) is 54.9 Å². The van der Waals surface area contributed by atoms with E-state index < -0.39 is 6.09 Å². The number of carbonyl (C=O) groups is 1. The molecule has 198 valence electrons. The average molecular weight is 538 g/mol. The first-order chi connectivity index (χ1) is 18.4. The molecule has 38 heavy (non-hydrogen) atoms. The highest BCUT2D eigenvalue weighted by Crippen LogP contribution is 2.37. The molecule has 0 radical (unpaired) electrons. The third-order valence-electron chi connectivity index (χ3n) is 5.90. The summed E-state index contributed by atoms with van der Waals surface area (Å²) < 4.78 is 27.8. The van der Waals surface area contributed by atoms with Crippen LogP contribution in [0.2, 0.25) is 5.02 Å². The summed E-state index contributed by atoms with van der Waals surface area (Å²) in [7, 11) is 3.13. The molecule has 1 amide bonds. The van der Waals surface area contributed by atoms with Crippen LogP contribution in [0.4, 0.5) is 10.5 Å². The molecule has 3 aromatic carbocycles. The summed E-state index contributed by atoms with van der Waals surface area (Å²) in [5.74, 6) is 2.67. The van der Waals surface area contributed by atoms with E-state index in [9.17, 15) is 4.79 Å². The quantitative estimate of drug-likeness (QED) is 0.222. The van der Waals surface area contributed by atoms with E-state index in [2.05, 4.69) is 15.3 Å². The van der Waals surface area contributed by atoms with Crippen molar-refractivity contribution in [3.63, 3.8) is 0 Å². The normalized spacial score (nSPS) is 10.7. The molecule has 1 heterocycles. The fourth-order valence-electron chi connectivity index (χ4n) is 3.70. The summed E-state index contributed by atoms with van der Waals surface area (Å²) in [5, 5.41) is 3.99. The predicted molar refractivity (Wildman–Crippen MR) is 145 cm³/mol. The molecular weight excluding hydrogens is 510 g/mol. The van der Waals surface area contributed by atoms with Gasteiger partial charge in [-0.05, 0) is 55.3 Å². The van der Waals surface area contributed by atoms with E-state index in [1.807, 2.05) is 26.0 Å². The number of halogens is 1. The van der Waals surface area contributed by atoms with E-state index in [0.717, 1.165) is 11.1 Å². The summed E-state index contributed by atoms with van der Waals surface area (Å²) in [6.07, 6.45) is 1.39. The molecule has 0 unspecified atom stereocenters. The number of carbonyl (C=O) groups excluding carboxylic acids is 1. The van der Waals surface area contributed by atoms with Crippen LogP contribution in [0.1, 0.15) is 17.5 Å². The highest BCUT2D eigenvalue weighted by molar-refractivity contribution is 6.32. The molecule has 1 N–H and O–H groups in total. The van der Waals surface area contributed by atoms with Gasteiger partial charge in [0.15, 0.2) is 11.5 Å². The fraction of sp³-hybridized carbons (Fsp3) is 0.250. The zero-order valence-corrected chi connectivity index (χ0v) is 22.3. The van der Waals surface area contributed by atoms with Gasteiger partial charge in [0.05, 0.1) is 43.4 Å². The second-order valence-electron chi connectivity index (χ2n) is 8.26. The molecule has 0 fully saturated rings. The van der Waals surface area contributed by atoms with Gasteiger partial charge in [-0.25, -0.2) is 14.8 Å². The molecule has 0 aliphatic carbocycles. The summed E-state index contributed by atoms with van der Waals surface area (Å²) in [6, 6.07) is 14.3. The maximum Gasteiger partial charge on any atom is 0.411 e. The van der Waals surface area contributed by atoms with Gasteiger partial charge in [0.1, 0.15) is 17.8 Å². The molecule has 0 aliphatic rings. The van der Waals surface area contributed by atoms with Crippen LogP contribution >= 0.6 is 11.6 Å². The van der Waals surface area contributed by atoms with E-state index >= 15 is 0 Å². The number of ether oxygens (including phenoxy) is 5. The number of aromatic nitrogens is 2. The molecule has 0 spiro atoms. The van der Waals surface area contributed by atoms with Crippen LogP contribution in [-0.2, 0) is 4.74 Å². The molecule has 4 rings (SSSR count). The monoisotopic (exact) mass is 537 g/mol. The zero-order valence-electron chi connectivity index (χ0n) is 21.5. The SMILES string of the molecule is COc1cc2ncnc(Oc3ccc(NC(=O)OCCCOc4ccccc4Cl)c(C)c3C)c2cc1OC. The maximum atomic E-state index is 12.3. The molecular formula is C28H28ClN3O6. The molecule has 0 saturated carbocycles. The Kier molecular flexibility index (Phi) is 8.70. The van der Waals surface area contributed by atoms with Crippen LogP contribution in [0, 0.1) is 13.8 Å². The minimum absolute atomic E-state index is 0.199. The Hall–Kier alpha value is -4.24. The van der Waals surface area contributed by atoms with Crippen molar-refractivity contribution in [2.24, 2.45) is 0 Å². The zero-order chi connectivity index (χ0) is 27.1. The van der Waals surface area contributed by atoms with Crippen LogP contribution in [0.5, 0.6) is 28.9 Å². The molecule has 0 saturated heterocycles. The number of fused-ring (bicyclic) bond motifs is 1. The number of hydrogen-bond acceptors (Lipinski definition) is 8. The van der Waals surface area contributed by atoms with Crippen molar-refractivity contribution in [3.05, 3.63) is 71.0 Å². The largest absolute Gasteiger partial charge is 0.493 e. The van der Waals surface area contributed by atoms with Crippen LogP contribution in [0.3, 0.4) is 0 Å². The van der Waals surface area contributed by atoms with E-state index in [-0.39, 0.29) is 6.61 Å². The van der Waals surface area contributed by atoms with Crippen molar-refractivity contribution >= 4 is 34.3 Å². The van der Waals surface area contributed by atoms with Gasteiger partial charge in [-0.3, -0.25) is 5.32 Å². The Morgan fingerprint density at radius 1 is 0.895 bits per heavy atom. The van der Waals surface area contributed by atoms with Gasteiger partial charge >= 0.3 is 6.09 Å². The molecule has 1 aromatic heterocycles. The average Bonchev–Trinajstić information content (AvgIpc) is 2.93. The minimum Gasteiger partial charge on any atom is -0.493 e. The number of methoxy groups -OCH3 is 2. The standard InChI is InChI=1S/C28H28ClN3O6/c1-17-18(2)23(38-27-19-14-25(34-3)26(35-4)15-22(19)30-16-31-27)11-10-21(17)32-28(33)37-13-7-12-36-24-9-6-5-8-20(24)29/h5-6,8-11,14-16H,7,12-13H2,1-4H3,(H,32,33). The highest BCUT2D eigenvalue weighted by atomic mass is 35.5. The van der Waals surface area contributed by atoms with Crippen LogP contribution < -0.4 is 24.3 Å². The number of benzene rings is 3. The number of hydrogen-bond donors (Lipinski definition) is 1. The molecule has 0 aliphatic heterocycles. The third kappa shape index (κ3) is 6.18. The highest BCUT2D eigenvalue weighted by Gasteiger charge is 2.15. The van der Waals surface area contributed by atoms with Gasteiger partial charge in [-0.2, -0.15) is 0 Å². The lowest BCUT2D eigenvalue weighted by atomic mass is 10.1. The van der Waals surface area contributed by atoms with E-state index in [4.69, 9.17) is 35.3 Å². The minimum atomic E-state index is -0.554. The van der Waals surface area contributed by atoms with Crippen molar-refractivity contribution in [3.8, 4) is 28.9 Å². The lowest BCUT2D eigenvalue weighted by Gasteiger charge is -2.16. The number of rotatable bonds is 10. The number of nitrogens with one attached hydrogen (secondary N) is 1. The van der Waals surface area contributed by atoms with Gasteiger partial charge in [0.25, 0.3) is 0 Å². The van der Waals surface area contributed by atoms with Gasteiger partial charge in [-0.15, -0.1) is 0 Å². The summed E-state index contributed by atoms with van der Waals surface area (Å²) >= 11 is 6.07. The van der Waals surface area contributed by atoms with Crippen molar-refractivity contribution < 1.29 is 28.5 Å². The predicted octanol–water partition coefficient (Wildman–Crippen LogP) is 6.73. The maximum absolute atomic E-state index is 12.3. The number of anilines is 1. The Labute approximate surface area is 225 Å². The van der Waals surface area contributed by atoms with Gasteiger partial charge in [0.2, 0.25) is 5.88 Å². The number of nitrogens with zero attached hydrogens (tertiary/aromatic N) is 2. The molecule has 4 aromatic rings. The summed E-state index contributed by atoms with van der Waals surface area (Å²) in [4.78, 5) is 21.0. The van der Waals surface area contributed by atoms with Gasteiger partial charge in [-0.1, -0.05) is 23.7 Å². The van der Waals surface area contributed by atoms with E-state index in [1.165, 1.54) is 6.33 Å². The van der Waals surface area contributed by atoms with Crippen molar-refractivity contribution in [2.45, 2.75) is 20.3 Å². The topological polar surface area (TPSA) is 101 Å². The first kappa shape index (κ1) is 26.8. The molecule has 0 atom stereocenters. The Morgan fingerprint density at radius 2 is 1.66 bits per heavy atom. The summed E-state index contributed by atoms with van der Waals surface area (Å²) in [5.41, 5.74) is 2.94. The Morgan fingerprint density at radius 3 is 2.42 bits per heavy atom. The van der Waals surface area contributed by atoms with E-state index in [0.29, 0.717) is 63.5 Å². The first-order valence-corrected chi connectivity index (χ1v) is 12.2. The Balaban J connectivity index is 1.38. The fourth-order valence-corrected chi connectivity index (χ4v) is 3.89. The van der Waals surface area contributed by atoms with Crippen LogP contribution in [0.25, 0.3) is 10.9 Å².